The van der Waals surface area contributed by atoms with E-state index in [-0.39, 0.29) is 5.75 Å². The number of H-pyrrole nitrogens is 1. The quantitative estimate of drug-likeness (QED) is 0.119. The standard InChI is InChI=1S/C33H32FN5O4S/c1-40-30-19-24-27(20-31(30)42-15-5-12-39-13-16-41-17-14-39)35-11-10-28(24)43-29-9-8-22(18-26(29)34)25-21-36-33(38-32(25)44)37-23-6-3-2-4-7-23/h2-4,6-11,18-21H,5,12-17H2,1H3,(H2,36,37,38,44). The summed E-state index contributed by atoms with van der Waals surface area (Å²) in [4.78, 5) is 14.3. The van der Waals surface area contributed by atoms with Gasteiger partial charge in [-0.25, -0.2) is 9.37 Å². The zero-order chi connectivity index (χ0) is 30.3. The van der Waals surface area contributed by atoms with Gasteiger partial charge >= 0.3 is 0 Å². The minimum absolute atomic E-state index is 0.0638. The average molecular weight is 614 g/mol. The van der Waals surface area contributed by atoms with Crippen molar-refractivity contribution in [3.8, 4) is 34.1 Å². The minimum Gasteiger partial charge on any atom is -0.493 e. The fourth-order valence-electron chi connectivity index (χ4n) is 4.98. The Morgan fingerprint density at radius 2 is 1.82 bits per heavy atom. The van der Waals surface area contributed by atoms with Gasteiger partial charge in [0.15, 0.2) is 23.1 Å². The lowest BCUT2D eigenvalue weighted by Crippen LogP contribution is -2.37. The topological polar surface area (TPSA) is 93.8 Å². The van der Waals surface area contributed by atoms with E-state index in [0.29, 0.717) is 56.5 Å². The molecule has 0 amide bonds. The number of halogens is 1. The Balaban J connectivity index is 1.16. The molecule has 0 atom stereocenters. The zero-order valence-corrected chi connectivity index (χ0v) is 25.0. The number of nitrogens with zero attached hydrogens (tertiary/aromatic N) is 3. The smallest absolute Gasteiger partial charge is 0.205 e. The Morgan fingerprint density at radius 3 is 2.59 bits per heavy atom. The number of nitrogens with one attached hydrogen (secondary N) is 2. The van der Waals surface area contributed by atoms with Crippen LogP contribution in [0.4, 0.5) is 16.0 Å². The van der Waals surface area contributed by atoms with Gasteiger partial charge in [-0.2, -0.15) is 0 Å². The molecular weight excluding hydrogens is 581 g/mol. The first-order valence-electron chi connectivity index (χ1n) is 14.4. The van der Waals surface area contributed by atoms with Crippen molar-refractivity contribution in [1.29, 1.82) is 0 Å². The molecule has 0 radical (unpaired) electrons. The number of para-hydroxylation sites is 1. The van der Waals surface area contributed by atoms with Gasteiger partial charge in [-0.15, -0.1) is 0 Å². The third-order valence-corrected chi connectivity index (χ3v) is 7.59. The third kappa shape index (κ3) is 6.96. The van der Waals surface area contributed by atoms with Gasteiger partial charge in [0.2, 0.25) is 5.95 Å². The summed E-state index contributed by atoms with van der Waals surface area (Å²) in [5.41, 5.74) is 2.69. The number of hydrogen-bond donors (Lipinski definition) is 2. The Kier molecular flexibility index (Phi) is 9.25. The molecule has 1 fully saturated rings. The van der Waals surface area contributed by atoms with E-state index in [4.69, 9.17) is 31.2 Å². The predicted molar refractivity (Wildman–Crippen MR) is 170 cm³/mol. The van der Waals surface area contributed by atoms with Gasteiger partial charge < -0.3 is 29.2 Å². The first kappa shape index (κ1) is 29.5. The van der Waals surface area contributed by atoms with Crippen LogP contribution in [0.1, 0.15) is 6.42 Å². The number of anilines is 2. The fraction of sp³-hybridized carbons (Fsp3) is 0.242. The van der Waals surface area contributed by atoms with Crippen LogP contribution in [0.15, 0.2) is 79.1 Å². The van der Waals surface area contributed by atoms with E-state index in [2.05, 4.69) is 25.2 Å². The maximum absolute atomic E-state index is 15.4. The normalized spacial score (nSPS) is 13.5. The number of ether oxygens (including phenoxy) is 4. The van der Waals surface area contributed by atoms with Crippen molar-refractivity contribution < 1.29 is 23.3 Å². The summed E-state index contributed by atoms with van der Waals surface area (Å²) in [6, 6.07) is 19.6. The number of rotatable bonds is 11. The Hall–Kier alpha value is -4.58. The van der Waals surface area contributed by atoms with E-state index in [1.165, 1.54) is 6.07 Å². The highest BCUT2D eigenvalue weighted by Crippen LogP contribution is 2.38. The van der Waals surface area contributed by atoms with Gasteiger partial charge in [0.05, 0.1) is 32.4 Å². The molecule has 0 unspecified atom stereocenters. The van der Waals surface area contributed by atoms with Crippen molar-refractivity contribution in [2.45, 2.75) is 6.42 Å². The molecular formula is C33H32FN5O4S. The first-order chi connectivity index (χ1) is 21.6. The van der Waals surface area contributed by atoms with Gasteiger partial charge in [-0.05, 0) is 48.4 Å². The molecule has 0 aliphatic carbocycles. The molecule has 0 bridgehead atoms. The van der Waals surface area contributed by atoms with E-state index in [1.807, 2.05) is 36.4 Å². The molecule has 1 aliphatic rings. The number of benzene rings is 3. The molecule has 3 aromatic carbocycles. The molecule has 0 saturated carbocycles. The van der Waals surface area contributed by atoms with Crippen LogP contribution in [0, 0.1) is 10.5 Å². The molecule has 1 aliphatic heterocycles. The number of fused-ring (bicyclic) bond motifs is 1. The highest BCUT2D eigenvalue weighted by Gasteiger charge is 2.15. The van der Waals surface area contributed by atoms with Crippen molar-refractivity contribution in [3.05, 3.63) is 89.6 Å². The lowest BCUT2D eigenvalue weighted by Gasteiger charge is -2.26. The summed E-state index contributed by atoms with van der Waals surface area (Å²) >= 11 is 5.54. The summed E-state index contributed by atoms with van der Waals surface area (Å²) in [5.74, 6) is 1.59. The molecule has 226 valence electrons. The summed E-state index contributed by atoms with van der Waals surface area (Å²) < 4.78 is 38.9. The maximum Gasteiger partial charge on any atom is 0.205 e. The lowest BCUT2D eigenvalue weighted by molar-refractivity contribution is 0.0357. The molecule has 3 heterocycles. The zero-order valence-electron chi connectivity index (χ0n) is 24.2. The van der Waals surface area contributed by atoms with Crippen LogP contribution in [0.2, 0.25) is 0 Å². The van der Waals surface area contributed by atoms with Crippen molar-refractivity contribution >= 4 is 34.8 Å². The summed E-state index contributed by atoms with van der Waals surface area (Å²) in [5, 5.41) is 3.84. The van der Waals surface area contributed by atoms with Gasteiger partial charge in [-0.3, -0.25) is 9.88 Å². The number of aromatic nitrogens is 3. The third-order valence-electron chi connectivity index (χ3n) is 7.27. The van der Waals surface area contributed by atoms with E-state index in [0.717, 1.165) is 45.0 Å². The van der Waals surface area contributed by atoms with Gasteiger partial charge in [0.25, 0.3) is 0 Å². The Morgan fingerprint density at radius 1 is 0.977 bits per heavy atom. The first-order valence-corrected chi connectivity index (χ1v) is 14.8. The molecule has 6 rings (SSSR count). The second kappa shape index (κ2) is 13.8. The van der Waals surface area contributed by atoms with Crippen LogP contribution in [-0.4, -0.2) is 66.4 Å². The molecule has 9 nitrogen and oxygen atoms in total. The second-order valence-electron chi connectivity index (χ2n) is 10.2. The van der Waals surface area contributed by atoms with Crippen LogP contribution in [0.3, 0.4) is 0 Å². The number of pyridine rings is 1. The molecule has 2 N–H and O–H groups in total. The molecule has 11 heteroatoms. The van der Waals surface area contributed by atoms with E-state index >= 15 is 4.39 Å². The van der Waals surface area contributed by atoms with Crippen molar-refractivity contribution in [2.75, 3.05) is 51.9 Å². The van der Waals surface area contributed by atoms with Crippen LogP contribution in [0.25, 0.3) is 22.0 Å². The average Bonchev–Trinajstić information content (AvgIpc) is 3.05. The Bertz CT molecular complexity index is 1800. The number of aromatic amines is 1. The second-order valence-corrected chi connectivity index (χ2v) is 10.6. The monoisotopic (exact) mass is 613 g/mol. The SMILES string of the molecule is COc1cc2c(Oc3ccc(-c4cnc(Nc5ccccc5)[nH]c4=S)cc3F)ccnc2cc1OCCCN1CCOCC1. The number of morpholine rings is 1. The van der Waals surface area contributed by atoms with Crippen LogP contribution in [0.5, 0.6) is 23.0 Å². The van der Waals surface area contributed by atoms with E-state index in [9.17, 15) is 0 Å². The number of hydrogen-bond acceptors (Lipinski definition) is 9. The maximum atomic E-state index is 15.4. The fourth-order valence-corrected chi connectivity index (χ4v) is 5.24. The summed E-state index contributed by atoms with van der Waals surface area (Å²) in [6.45, 7) is 4.92. The summed E-state index contributed by atoms with van der Waals surface area (Å²) in [7, 11) is 1.58. The minimum atomic E-state index is -0.541. The largest absolute Gasteiger partial charge is 0.493 e. The van der Waals surface area contributed by atoms with Crippen molar-refractivity contribution in [1.82, 2.24) is 19.9 Å². The van der Waals surface area contributed by atoms with Gasteiger partial charge in [0.1, 0.15) is 10.4 Å². The molecule has 5 aromatic rings. The van der Waals surface area contributed by atoms with Crippen LogP contribution in [-0.2, 0) is 4.74 Å². The lowest BCUT2D eigenvalue weighted by atomic mass is 10.1. The molecule has 1 saturated heterocycles. The van der Waals surface area contributed by atoms with E-state index in [1.54, 1.807) is 43.8 Å². The van der Waals surface area contributed by atoms with Gasteiger partial charge in [0, 0.05) is 54.7 Å². The number of methoxy groups -OCH3 is 1. The summed E-state index contributed by atoms with van der Waals surface area (Å²) in [6.07, 6.45) is 4.11. The van der Waals surface area contributed by atoms with Crippen LogP contribution >= 0.6 is 12.2 Å². The van der Waals surface area contributed by atoms with Crippen molar-refractivity contribution in [2.24, 2.45) is 0 Å². The Labute approximate surface area is 259 Å². The molecule has 2 aromatic heterocycles. The van der Waals surface area contributed by atoms with Gasteiger partial charge in [-0.1, -0.05) is 36.5 Å². The predicted octanol–water partition coefficient (Wildman–Crippen LogP) is 7.14. The molecule has 0 spiro atoms. The highest BCUT2D eigenvalue weighted by molar-refractivity contribution is 7.71. The van der Waals surface area contributed by atoms with Crippen LogP contribution < -0.4 is 19.5 Å². The van der Waals surface area contributed by atoms with E-state index < -0.39 is 5.82 Å². The molecule has 44 heavy (non-hydrogen) atoms. The van der Waals surface area contributed by atoms with Crippen molar-refractivity contribution in [3.63, 3.8) is 0 Å². The highest BCUT2D eigenvalue weighted by atomic mass is 32.1.